The van der Waals surface area contributed by atoms with Crippen molar-refractivity contribution in [3.63, 3.8) is 0 Å². The lowest BCUT2D eigenvalue weighted by Crippen LogP contribution is -2.43. The van der Waals surface area contributed by atoms with Gasteiger partial charge in [0, 0.05) is 25.6 Å². The van der Waals surface area contributed by atoms with Gasteiger partial charge in [-0.15, -0.1) is 0 Å². The predicted molar refractivity (Wildman–Crippen MR) is 134 cm³/mol. The minimum absolute atomic E-state index is 0.0366. The summed E-state index contributed by atoms with van der Waals surface area (Å²) in [6.07, 6.45) is 1.02. The van der Waals surface area contributed by atoms with Crippen molar-refractivity contribution < 1.29 is 13.2 Å². The second kappa shape index (κ2) is 9.50. The van der Waals surface area contributed by atoms with Gasteiger partial charge in [0.05, 0.1) is 22.5 Å². The Balaban J connectivity index is 1.42. The highest BCUT2D eigenvalue weighted by atomic mass is 32.2. The lowest BCUT2D eigenvalue weighted by molar-refractivity contribution is -0.126. The molecular weight excluding hydrogens is 448 g/mol. The van der Waals surface area contributed by atoms with Gasteiger partial charge in [0.15, 0.2) is 0 Å². The number of carbonyl (C=O) groups is 1. The first-order valence-electron chi connectivity index (χ1n) is 11.9. The summed E-state index contributed by atoms with van der Waals surface area (Å²) >= 11 is 0. The number of nitrogens with zero attached hydrogens (tertiary/aromatic N) is 3. The van der Waals surface area contributed by atoms with Crippen molar-refractivity contribution in [3.05, 3.63) is 58.4 Å². The molecule has 34 heavy (non-hydrogen) atoms. The number of amides is 1. The van der Waals surface area contributed by atoms with Crippen LogP contribution in [0.2, 0.25) is 0 Å². The Labute approximate surface area is 202 Å². The van der Waals surface area contributed by atoms with Crippen LogP contribution in [0.25, 0.3) is 11.0 Å². The van der Waals surface area contributed by atoms with E-state index in [2.05, 4.69) is 21.8 Å². The quantitative estimate of drug-likeness (QED) is 0.575. The fourth-order valence-electron chi connectivity index (χ4n) is 4.98. The molecule has 1 N–H and O–H groups in total. The molecule has 1 fully saturated rings. The number of piperidine rings is 1. The Morgan fingerprint density at radius 2 is 1.68 bits per heavy atom. The molecular formula is C26H34N4O3S. The largest absolute Gasteiger partial charge is 0.349 e. The summed E-state index contributed by atoms with van der Waals surface area (Å²) < 4.78 is 30.6. The van der Waals surface area contributed by atoms with Crippen LogP contribution in [0.15, 0.2) is 35.2 Å². The van der Waals surface area contributed by atoms with E-state index in [0.29, 0.717) is 37.4 Å². The van der Waals surface area contributed by atoms with E-state index < -0.39 is 10.0 Å². The number of aryl methyl sites for hydroxylation is 3. The van der Waals surface area contributed by atoms with Crippen molar-refractivity contribution in [2.24, 2.45) is 5.92 Å². The third kappa shape index (κ3) is 4.36. The zero-order valence-corrected chi connectivity index (χ0v) is 21.5. The highest BCUT2D eigenvalue weighted by Gasteiger charge is 2.34. The summed E-state index contributed by atoms with van der Waals surface area (Å²) in [5, 5.41) is 3.03. The molecule has 1 aliphatic rings. The molecule has 0 unspecified atom stereocenters. The van der Waals surface area contributed by atoms with E-state index in [1.807, 2.05) is 58.0 Å². The van der Waals surface area contributed by atoms with E-state index in [4.69, 9.17) is 0 Å². The van der Waals surface area contributed by atoms with Crippen molar-refractivity contribution >= 4 is 27.0 Å². The Morgan fingerprint density at radius 1 is 1.06 bits per heavy atom. The molecule has 2 heterocycles. The molecule has 1 saturated heterocycles. The number of carbonyl (C=O) groups excluding carboxylic acids is 1. The van der Waals surface area contributed by atoms with Crippen molar-refractivity contribution in [1.82, 2.24) is 19.2 Å². The Hall–Kier alpha value is -2.71. The average molecular weight is 483 g/mol. The van der Waals surface area contributed by atoms with Crippen LogP contribution >= 0.6 is 0 Å². The Kier molecular flexibility index (Phi) is 6.82. The first-order chi connectivity index (χ1) is 16.1. The zero-order chi connectivity index (χ0) is 24.6. The number of benzene rings is 2. The molecule has 1 aromatic heterocycles. The Morgan fingerprint density at radius 3 is 2.29 bits per heavy atom. The summed E-state index contributed by atoms with van der Waals surface area (Å²) in [5.74, 6) is 0.593. The first kappa shape index (κ1) is 24.4. The highest BCUT2D eigenvalue weighted by Crippen LogP contribution is 2.31. The minimum Gasteiger partial charge on any atom is -0.349 e. The van der Waals surface area contributed by atoms with Gasteiger partial charge in [0.2, 0.25) is 15.9 Å². The summed E-state index contributed by atoms with van der Waals surface area (Å²) in [7, 11) is -3.61. The maximum absolute atomic E-state index is 13.5. The predicted octanol–water partition coefficient (Wildman–Crippen LogP) is 4.01. The van der Waals surface area contributed by atoms with Crippen molar-refractivity contribution in [2.75, 3.05) is 13.1 Å². The number of nitrogens with one attached hydrogen (secondary N) is 1. The summed E-state index contributed by atoms with van der Waals surface area (Å²) in [6, 6.07) is 9.99. The Bertz CT molecular complexity index is 1310. The monoisotopic (exact) mass is 482 g/mol. The second-order valence-corrected chi connectivity index (χ2v) is 11.1. The number of imidazole rings is 1. The molecule has 0 aliphatic carbocycles. The van der Waals surface area contributed by atoms with Crippen LogP contribution in [-0.4, -0.2) is 41.3 Å². The number of fused-ring (bicyclic) bond motifs is 1. The van der Waals surface area contributed by atoms with Gasteiger partial charge in [-0.1, -0.05) is 18.2 Å². The summed E-state index contributed by atoms with van der Waals surface area (Å²) in [6.45, 7) is 11.5. The van der Waals surface area contributed by atoms with E-state index in [1.165, 1.54) is 0 Å². The fourth-order valence-corrected chi connectivity index (χ4v) is 7.02. The molecule has 0 spiro atoms. The van der Waals surface area contributed by atoms with E-state index in [0.717, 1.165) is 45.7 Å². The summed E-state index contributed by atoms with van der Waals surface area (Å²) in [5.41, 5.74) is 5.56. The van der Waals surface area contributed by atoms with E-state index in [9.17, 15) is 13.2 Å². The molecule has 1 aliphatic heterocycles. The van der Waals surface area contributed by atoms with Gasteiger partial charge in [0.25, 0.3) is 0 Å². The molecule has 1 amide bonds. The maximum Gasteiger partial charge on any atom is 0.243 e. The SMILES string of the molecule is CCn1c(CNC(=O)C2CCN(S(=O)(=O)c3c(C)c(C)cc(C)c3C)CC2)nc2ccccc21. The zero-order valence-electron chi connectivity index (χ0n) is 20.7. The van der Waals surface area contributed by atoms with Gasteiger partial charge < -0.3 is 9.88 Å². The number of aromatic nitrogens is 2. The van der Waals surface area contributed by atoms with Gasteiger partial charge >= 0.3 is 0 Å². The minimum atomic E-state index is -3.61. The van der Waals surface area contributed by atoms with Crippen LogP contribution in [0.3, 0.4) is 0 Å². The number of sulfonamides is 1. The highest BCUT2D eigenvalue weighted by molar-refractivity contribution is 7.89. The van der Waals surface area contributed by atoms with Crippen molar-refractivity contribution in [3.8, 4) is 0 Å². The van der Waals surface area contributed by atoms with Crippen LogP contribution < -0.4 is 5.32 Å². The molecule has 2 aromatic carbocycles. The number of rotatable bonds is 6. The van der Waals surface area contributed by atoms with E-state index in [1.54, 1.807) is 4.31 Å². The molecule has 8 heteroatoms. The molecule has 0 saturated carbocycles. The van der Waals surface area contributed by atoms with Crippen LogP contribution in [0, 0.1) is 33.6 Å². The maximum atomic E-state index is 13.5. The number of hydrogen-bond donors (Lipinski definition) is 1. The van der Waals surface area contributed by atoms with Crippen molar-refractivity contribution in [1.29, 1.82) is 0 Å². The first-order valence-corrected chi connectivity index (χ1v) is 13.4. The normalized spacial score (nSPS) is 15.7. The molecule has 3 aromatic rings. The third-order valence-electron chi connectivity index (χ3n) is 7.19. The lowest BCUT2D eigenvalue weighted by Gasteiger charge is -2.31. The van der Waals surface area contributed by atoms with Crippen LogP contribution in [0.5, 0.6) is 0 Å². The molecule has 182 valence electrons. The molecule has 0 atom stereocenters. The van der Waals surface area contributed by atoms with Gasteiger partial charge in [-0.25, -0.2) is 13.4 Å². The van der Waals surface area contributed by atoms with Gasteiger partial charge in [-0.05, 0) is 81.8 Å². The molecule has 0 radical (unpaired) electrons. The average Bonchev–Trinajstić information content (AvgIpc) is 3.19. The van der Waals surface area contributed by atoms with Crippen LogP contribution in [0.4, 0.5) is 0 Å². The van der Waals surface area contributed by atoms with Gasteiger partial charge in [-0.2, -0.15) is 4.31 Å². The number of hydrogen-bond acceptors (Lipinski definition) is 4. The van der Waals surface area contributed by atoms with Crippen LogP contribution in [0.1, 0.15) is 47.8 Å². The van der Waals surface area contributed by atoms with Gasteiger partial charge in [0.1, 0.15) is 5.82 Å². The van der Waals surface area contributed by atoms with Crippen molar-refractivity contribution in [2.45, 2.75) is 65.4 Å². The molecule has 0 bridgehead atoms. The molecule has 4 rings (SSSR count). The standard InChI is InChI=1S/C26H34N4O3S/c1-6-30-23-10-8-7-9-22(23)28-24(30)16-27-26(31)21-11-13-29(14-12-21)34(32,33)25-19(4)17(2)15-18(3)20(25)5/h7-10,15,21H,6,11-14,16H2,1-5H3,(H,27,31). The molecule has 7 nitrogen and oxygen atoms in total. The van der Waals surface area contributed by atoms with E-state index >= 15 is 0 Å². The second-order valence-electron chi connectivity index (χ2n) is 9.25. The topological polar surface area (TPSA) is 84.3 Å². The summed E-state index contributed by atoms with van der Waals surface area (Å²) in [4.78, 5) is 18.0. The smallest absolute Gasteiger partial charge is 0.243 e. The van der Waals surface area contributed by atoms with E-state index in [-0.39, 0.29) is 11.8 Å². The number of para-hydroxylation sites is 2. The van der Waals surface area contributed by atoms with Gasteiger partial charge in [-0.3, -0.25) is 4.79 Å². The fraction of sp³-hybridized carbons (Fsp3) is 0.462. The van der Waals surface area contributed by atoms with Crippen LogP contribution in [-0.2, 0) is 27.9 Å². The lowest BCUT2D eigenvalue weighted by atomic mass is 9.97. The third-order valence-corrected chi connectivity index (χ3v) is 9.36.